The first-order chi connectivity index (χ1) is 12.3. The molecule has 0 saturated carbocycles. The summed E-state index contributed by atoms with van der Waals surface area (Å²) in [5.74, 6) is 1.41. The molecule has 0 saturated heterocycles. The molecule has 0 fully saturated rings. The molecule has 0 radical (unpaired) electrons. The van der Waals surface area contributed by atoms with Crippen molar-refractivity contribution in [2.45, 2.75) is 5.54 Å². The molecule has 25 heavy (non-hydrogen) atoms. The Kier molecular flexibility index (Phi) is 2.82. The summed E-state index contributed by atoms with van der Waals surface area (Å²) in [6, 6.07) is 13.7. The molecule has 1 spiro atoms. The minimum absolute atomic E-state index is 0.185. The van der Waals surface area contributed by atoms with Gasteiger partial charge in [-0.15, -0.1) is 0 Å². The number of rotatable bonds is 1. The van der Waals surface area contributed by atoms with E-state index in [4.69, 9.17) is 15.2 Å². The molecule has 0 amide bonds. The summed E-state index contributed by atoms with van der Waals surface area (Å²) in [7, 11) is 0. The summed E-state index contributed by atoms with van der Waals surface area (Å²) in [5, 5.41) is 0. The number of nitrogens with zero attached hydrogens (tertiary/aromatic N) is 3. The summed E-state index contributed by atoms with van der Waals surface area (Å²) >= 11 is 0. The number of ether oxygens (including phenoxy) is 2. The predicted molar refractivity (Wildman–Crippen MR) is 92.3 cm³/mol. The number of fused-ring (bicyclic) bond motifs is 4. The van der Waals surface area contributed by atoms with E-state index in [2.05, 4.69) is 15.0 Å². The molecule has 4 heterocycles. The highest BCUT2D eigenvalue weighted by Crippen LogP contribution is 2.52. The monoisotopic (exact) mass is 330 g/mol. The Labute approximate surface area is 144 Å². The minimum atomic E-state index is -0.709. The molecule has 6 nitrogen and oxygen atoms in total. The third-order valence-electron chi connectivity index (χ3n) is 4.58. The maximum absolute atomic E-state index is 6.24. The van der Waals surface area contributed by atoms with Crippen molar-refractivity contribution in [2.75, 3.05) is 6.61 Å². The van der Waals surface area contributed by atoms with E-state index in [1.807, 2.05) is 42.5 Å². The molecular weight excluding hydrogens is 316 g/mol. The van der Waals surface area contributed by atoms with E-state index in [1.54, 1.807) is 18.6 Å². The summed E-state index contributed by atoms with van der Waals surface area (Å²) in [5.41, 5.74) is 8.67. The first-order valence-electron chi connectivity index (χ1n) is 7.93. The third-order valence-corrected chi connectivity index (χ3v) is 4.58. The number of pyridine rings is 2. The number of hydrogen-bond acceptors (Lipinski definition) is 6. The van der Waals surface area contributed by atoms with Gasteiger partial charge in [0, 0.05) is 35.3 Å². The maximum Gasteiger partial charge on any atom is 0.283 e. The van der Waals surface area contributed by atoms with Gasteiger partial charge in [-0.1, -0.05) is 18.2 Å². The van der Waals surface area contributed by atoms with Crippen LogP contribution in [0.15, 0.2) is 66.0 Å². The molecular formula is C19H14N4O2. The van der Waals surface area contributed by atoms with Gasteiger partial charge < -0.3 is 15.2 Å². The molecule has 0 bridgehead atoms. The highest BCUT2D eigenvalue weighted by molar-refractivity contribution is 5.78. The first kappa shape index (κ1) is 14.0. The molecule has 2 aromatic heterocycles. The second kappa shape index (κ2) is 5.04. The van der Waals surface area contributed by atoms with E-state index in [1.165, 1.54) is 0 Å². The highest BCUT2D eigenvalue weighted by atomic mass is 16.5. The van der Waals surface area contributed by atoms with Crippen LogP contribution in [0, 0.1) is 0 Å². The van der Waals surface area contributed by atoms with Crippen molar-refractivity contribution < 1.29 is 9.47 Å². The van der Waals surface area contributed by atoms with Crippen LogP contribution in [-0.4, -0.2) is 22.6 Å². The summed E-state index contributed by atoms with van der Waals surface area (Å²) in [6.07, 6.45) is 5.23. The zero-order chi connectivity index (χ0) is 16.9. The number of amidine groups is 1. The Morgan fingerprint density at radius 1 is 0.960 bits per heavy atom. The zero-order valence-corrected chi connectivity index (χ0v) is 13.2. The lowest BCUT2D eigenvalue weighted by Crippen LogP contribution is -2.31. The van der Waals surface area contributed by atoms with Gasteiger partial charge in [0.25, 0.3) is 6.02 Å². The average Bonchev–Trinajstić information content (AvgIpc) is 3.05. The van der Waals surface area contributed by atoms with Crippen molar-refractivity contribution >= 4 is 6.02 Å². The van der Waals surface area contributed by atoms with Crippen molar-refractivity contribution in [3.63, 3.8) is 0 Å². The summed E-state index contributed by atoms with van der Waals surface area (Å²) in [6.45, 7) is 0.339. The predicted octanol–water partition coefficient (Wildman–Crippen LogP) is 2.84. The van der Waals surface area contributed by atoms with Crippen molar-refractivity contribution in [3.05, 3.63) is 72.2 Å². The van der Waals surface area contributed by atoms with Gasteiger partial charge in [-0.25, -0.2) is 4.99 Å². The van der Waals surface area contributed by atoms with Crippen LogP contribution in [0.25, 0.3) is 11.3 Å². The van der Waals surface area contributed by atoms with Crippen molar-refractivity contribution in [2.24, 2.45) is 10.7 Å². The Hall–Kier alpha value is -3.41. The Balaban J connectivity index is 1.81. The molecule has 6 heteroatoms. The van der Waals surface area contributed by atoms with Gasteiger partial charge in [-0.2, -0.15) is 0 Å². The molecule has 3 aromatic rings. The van der Waals surface area contributed by atoms with Gasteiger partial charge in [-0.3, -0.25) is 9.97 Å². The van der Waals surface area contributed by atoms with Crippen LogP contribution in [0.5, 0.6) is 11.5 Å². The fraction of sp³-hybridized carbons (Fsp3) is 0.105. The third kappa shape index (κ3) is 1.94. The molecule has 5 rings (SSSR count). The lowest BCUT2D eigenvalue weighted by Gasteiger charge is -2.33. The molecule has 0 aliphatic carbocycles. The van der Waals surface area contributed by atoms with Crippen LogP contribution in [0.3, 0.4) is 0 Å². The van der Waals surface area contributed by atoms with Gasteiger partial charge in [0.15, 0.2) is 11.3 Å². The smallest absolute Gasteiger partial charge is 0.283 e. The molecule has 122 valence electrons. The van der Waals surface area contributed by atoms with E-state index in [0.29, 0.717) is 12.4 Å². The van der Waals surface area contributed by atoms with Gasteiger partial charge >= 0.3 is 0 Å². The molecule has 2 aliphatic rings. The van der Waals surface area contributed by atoms with Gasteiger partial charge in [-0.05, 0) is 24.3 Å². The number of aliphatic imine (C=N–C) groups is 1. The second-order valence-electron chi connectivity index (χ2n) is 5.97. The van der Waals surface area contributed by atoms with E-state index < -0.39 is 5.54 Å². The molecule has 2 N–H and O–H groups in total. The topological polar surface area (TPSA) is 82.6 Å². The maximum atomic E-state index is 6.24. The molecule has 1 unspecified atom stereocenters. The van der Waals surface area contributed by atoms with E-state index >= 15 is 0 Å². The number of para-hydroxylation sites is 1. The number of nitrogens with two attached hydrogens (primary N) is 1. The van der Waals surface area contributed by atoms with E-state index in [9.17, 15) is 0 Å². The summed E-state index contributed by atoms with van der Waals surface area (Å²) in [4.78, 5) is 13.3. The van der Waals surface area contributed by atoms with Gasteiger partial charge in [0.05, 0.1) is 0 Å². The quantitative estimate of drug-likeness (QED) is 0.742. The SMILES string of the molecule is NC1=NC2(CO1)c1ccccc1Oc1c2ccnc1-c1ccncc1. The number of hydrogen-bond donors (Lipinski definition) is 1. The Morgan fingerprint density at radius 3 is 2.60 bits per heavy atom. The van der Waals surface area contributed by atoms with Crippen LogP contribution >= 0.6 is 0 Å². The normalized spacial score (nSPS) is 20.2. The van der Waals surface area contributed by atoms with Crippen molar-refractivity contribution in [1.29, 1.82) is 0 Å². The fourth-order valence-corrected chi connectivity index (χ4v) is 3.45. The number of benzene rings is 1. The molecule has 2 aliphatic heterocycles. The summed E-state index contributed by atoms with van der Waals surface area (Å²) < 4.78 is 11.8. The van der Waals surface area contributed by atoms with Gasteiger partial charge in [0.1, 0.15) is 18.1 Å². The largest absolute Gasteiger partial charge is 0.462 e. The molecule has 1 atom stereocenters. The minimum Gasteiger partial charge on any atom is -0.462 e. The van der Waals surface area contributed by atoms with Crippen LogP contribution in [-0.2, 0) is 10.3 Å². The molecule has 1 aromatic carbocycles. The average molecular weight is 330 g/mol. The standard InChI is InChI=1S/C19H14N4O2/c20-18-23-19(11-24-18)13-3-1-2-4-15(13)25-17-14(19)7-10-22-16(17)12-5-8-21-9-6-12/h1-10H,11H2,(H2,20,23). The van der Waals surface area contributed by atoms with Crippen molar-refractivity contribution in [3.8, 4) is 22.8 Å². The highest BCUT2D eigenvalue weighted by Gasteiger charge is 2.47. The first-order valence-corrected chi connectivity index (χ1v) is 7.93. The Bertz CT molecular complexity index is 1000. The zero-order valence-electron chi connectivity index (χ0n) is 13.2. The van der Waals surface area contributed by atoms with Crippen LogP contribution in [0.1, 0.15) is 11.1 Å². The van der Waals surface area contributed by atoms with Crippen LogP contribution in [0.2, 0.25) is 0 Å². The van der Waals surface area contributed by atoms with E-state index in [0.717, 1.165) is 28.1 Å². The fourth-order valence-electron chi connectivity index (χ4n) is 3.45. The van der Waals surface area contributed by atoms with Gasteiger partial charge in [0.2, 0.25) is 0 Å². The lowest BCUT2D eigenvalue weighted by atomic mass is 9.81. The second-order valence-corrected chi connectivity index (χ2v) is 5.97. The lowest BCUT2D eigenvalue weighted by molar-refractivity contribution is 0.264. The number of aromatic nitrogens is 2. The van der Waals surface area contributed by atoms with Crippen LogP contribution < -0.4 is 10.5 Å². The van der Waals surface area contributed by atoms with Crippen molar-refractivity contribution in [1.82, 2.24) is 9.97 Å². The van der Waals surface area contributed by atoms with E-state index in [-0.39, 0.29) is 6.02 Å². The Morgan fingerprint density at radius 2 is 1.80 bits per heavy atom. The van der Waals surface area contributed by atoms with Crippen LogP contribution in [0.4, 0.5) is 0 Å².